The van der Waals surface area contributed by atoms with Gasteiger partial charge >= 0.3 is 5.63 Å². The van der Waals surface area contributed by atoms with Crippen molar-refractivity contribution in [3.05, 3.63) is 70.1 Å². The summed E-state index contributed by atoms with van der Waals surface area (Å²) in [5.41, 5.74) is 0.590. The first-order chi connectivity index (χ1) is 11.4. The highest BCUT2D eigenvalue weighted by atomic mass is 32.2. The lowest BCUT2D eigenvalue weighted by Gasteiger charge is -2.07. The van der Waals surface area contributed by atoms with Gasteiger partial charge in [0.25, 0.3) is 0 Å². The summed E-state index contributed by atoms with van der Waals surface area (Å²) >= 11 is 0. The Balaban J connectivity index is 2.00. The zero-order valence-corrected chi connectivity index (χ0v) is 13.8. The molecule has 124 valence electrons. The van der Waals surface area contributed by atoms with Gasteiger partial charge in [-0.3, -0.25) is 0 Å². The summed E-state index contributed by atoms with van der Waals surface area (Å²) in [5.74, 6) is -0.0754. The fourth-order valence-corrected chi connectivity index (χ4v) is 3.40. The Morgan fingerprint density at radius 2 is 1.71 bits per heavy atom. The highest BCUT2D eigenvalue weighted by Gasteiger charge is 2.15. The summed E-state index contributed by atoms with van der Waals surface area (Å²) in [4.78, 5) is 12.3. The van der Waals surface area contributed by atoms with Crippen LogP contribution in [-0.4, -0.2) is 19.3 Å². The fourth-order valence-electron chi connectivity index (χ4n) is 2.51. The van der Waals surface area contributed by atoms with Crippen molar-refractivity contribution in [1.29, 1.82) is 0 Å². The maximum absolute atomic E-state index is 12.1. The molecule has 3 rings (SSSR count). The molecule has 5 nitrogen and oxygen atoms in total. The molecule has 1 N–H and O–H groups in total. The topological polar surface area (TPSA) is 84.6 Å². The van der Waals surface area contributed by atoms with Gasteiger partial charge in [-0.15, -0.1) is 0 Å². The van der Waals surface area contributed by atoms with E-state index in [9.17, 15) is 18.3 Å². The first-order valence-corrected chi connectivity index (χ1v) is 9.13. The summed E-state index contributed by atoms with van der Waals surface area (Å²) in [6, 6.07) is 13.0. The molecule has 0 saturated heterocycles. The van der Waals surface area contributed by atoms with Crippen molar-refractivity contribution in [2.75, 3.05) is 5.75 Å². The van der Waals surface area contributed by atoms with E-state index in [1.54, 1.807) is 43.3 Å². The molecule has 0 bridgehead atoms. The fraction of sp³-hybridized carbons (Fsp3) is 0.167. The minimum atomic E-state index is -3.26. The van der Waals surface area contributed by atoms with E-state index < -0.39 is 15.5 Å². The molecule has 0 amide bonds. The van der Waals surface area contributed by atoms with Crippen LogP contribution in [-0.2, 0) is 16.3 Å². The van der Waals surface area contributed by atoms with Crippen LogP contribution in [0.25, 0.3) is 11.0 Å². The van der Waals surface area contributed by atoms with Crippen LogP contribution in [0.4, 0.5) is 0 Å². The van der Waals surface area contributed by atoms with E-state index in [1.165, 1.54) is 12.1 Å². The molecule has 1 aromatic heterocycles. The number of para-hydroxylation sites is 1. The van der Waals surface area contributed by atoms with E-state index in [2.05, 4.69) is 0 Å². The molecule has 0 fully saturated rings. The van der Waals surface area contributed by atoms with Crippen molar-refractivity contribution < 1.29 is 17.9 Å². The Morgan fingerprint density at radius 1 is 1.04 bits per heavy atom. The van der Waals surface area contributed by atoms with E-state index in [0.717, 1.165) is 0 Å². The number of aromatic hydroxyl groups is 1. The number of hydrogen-bond acceptors (Lipinski definition) is 5. The van der Waals surface area contributed by atoms with Gasteiger partial charge in [-0.05, 0) is 29.8 Å². The second kappa shape index (κ2) is 6.13. The third kappa shape index (κ3) is 2.92. The Bertz CT molecular complexity index is 1050. The molecule has 0 unspecified atom stereocenters. The van der Waals surface area contributed by atoms with E-state index in [0.29, 0.717) is 16.5 Å². The Morgan fingerprint density at radius 3 is 2.38 bits per heavy atom. The minimum absolute atomic E-state index is 0.0292. The predicted molar refractivity (Wildman–Crippen MR) is 91.1 cm³/mol. The molecule has 0 spiro atoms. The second-order valence-electron chi connectivity index (χ2n) is 5.44. The lowest BCUT2D eigenvalue weighted by Crippen LogP contribution is -2.09. The monoisotopic (exact) mass is 344 g/mol. The highest BCUT2D eigenvalue weighted by Crippen LogP contribution is 2.27. The molecule has 3 aromatic rings. The van der Waals surface area contributed by atoms with Crippen LogP contribution in [0.3, 0.4) is 0 Å². The lowest BCUT2D eigenvalue weighted by atomic mass is 10.0. The van der Waals surface area contributed by atoms with Crippen LogP contribution in [0.5, 0.6) is 5.75 Å². The van der Waals surface area contributed by atoms with Gasteiger partial charge in [0.2, 0.25) is 0 Å². The standard InChI is InChI=1S/C18H16O5S/c1-2-24(21,22)13-9-7-12(8-10-13)11-15-17(19)14-5-3-4-6-16(14)23-18(15)20/h3-10,19H,2,11H2,1H3. The van der Waals surface area contributed by atoms with Gasteiger partial charge in [0.15, 0.2) is 9.84 Å². The van der Waals surface area contributed by atoms with Gasteiger partial charge in [-0.1, -0.05) is 31.2 Å². The van der Waals surface area contributed by atoms with Crippen LogP contribution >= 0.6 is 0 Å². The Hall–Kier alpha value is -2.60. The zero-order chi connectivity index (χ0) is 17.3. The first kappa shape index (κ1) is 16.3. The molecule has 1 heterocycles. The Kier molecular flexibility index (Phi) is 4.15. The van der Waals surface area contributed by atoms with Crippen LogP contribution in [0.15, 0.2) is 62.6 Å². The van der Waals surface area contributed by atoms with E-state index in [-0.39, 0.29) is 28.4 Å². The molecule has 6 heteroatoms. The van der Waals surface area contributed by atoms with Crippen LogP contribution < -0.4 is 5.63 Å². The van der Waals surface area contributed by atoms with Crippen molar-refractivity contribution in [2.24, 2.45) is 0 Å². The summed E-state index contributed by atoms with van der Waals surface area (Å²) < 4.78 is 28.9. The molecule has 0 saturated carbocycles. The van der Waals surface area contributed by atoms with Gasteiger partial charge in [0.05, 0.1) is 21.6 Å². The first-order valence-electron chi connectivity index (χ1n) is 7.48. The van der Waals surface area contributed by atoms with E-state index >= 15 is 0 Å². The molecule has 0 aliphatic rings. The number of benzene rings is 2. The number of rotatable bonds is 4. The summed E-state index contributed by atoms with van der Waals surface area (Å²) in [6.07, 6.45) is 0.158. The number of hydrogen-bond donors (Lipinski definition) is 1. The van der Waals surface area contributed by atoms with Gasteiger partial charge < -0.3 is 9.52 Å². The van der Waals surface area contributed by atoms with Crippen LogP contribution in [0, 0.1) is 0 Å². The Labute approximate surface area is 139 Å². The smallest absolute Gasteiger partial charge is 0.343 e. The van der Waals surface area contributed by atoms with Crippen molar-refractivity contribution in [3.63, 3.8) is 0 Å². The van der Waals surface area contributed by atoms with Gasteiger partial charge in [0.1, 0.15) is 11.3 Å². The molecular formula is C18H16O5S. The number of sulfone groups is 1. The van der Waals surface area contributed by atoms with Crippen molar-refractivity contribution in [1.82, 2.24) is 0 Å². The normalized spacial score (nSPS) is 11.7. The maximum Gasteiger partial charge on any atom is 0.343 e. The summed E-state index contributed by atoms with van der Waals surface area (Å²) in [6.45, 7) is 1.58. The highest BCUT2D eigenvalue weighted by molar-refractivity contribution is 7.91. The third-order valence-corrected chi connectivity index (χ3v) is 5.67. The summed E-state index contributed by atoms with van der Waals surface area (Å²) in [5, 5.41) is 10.8. The zero-order valence-electron chi connectivity index (χ0n) is 13.0. The SMILES string of the molecule is CCS(=O)(=O)c1ccc(Cc2c(O)c3ccccc3oc2=O)cc1. The van der Waals surface area contributed by atoms with Gasteiger partial charge in [0, 0.05) is 6.42 Å². The van der Waals surface area contributed by atoms with Crippen LogP contribution in [0.1, 0.15) is 18.1 Å². The largest absolute Gasteiger partial charge is 0.507 e. The molecular weight excluding hydrogens is 328 g/mol. The summed E-state index contributed by atoms with van der Waals surface area (Å²) in [7, 11) is -3.26. The van der Waals surface area contributed by atoms with Crippen LogP contribution in [0.2, 0.25) is 0 Å². The van der Waals surface area contributed by atoms with Crippen molar-refractivity contribution >= 4 is 20.8 Å². The predicted octanol–water partition coefficient (Wildman–Crippen LogP) is 2.88. The minimum Gasteiger partial charge on any atom is -0.507 e. The molecule has 24 heavy (non-hydrogen) atoms. The van der Waals surface area contributed by atoms with E-state index in [4.69, 9.17) is 4.42 Å². The van der Waals surface area contributed by atoms with Crippen molar-refractivity contribution in [3.8, 4) is 5.75 Å². The average molecular weight is 344 g/mol. The molecule has 0 atom stereocenters. The van der Waals surface area contributed by atoms with Crippen molar-refractivity contribution in [2.45, 2.75) is 18.2 Å². The average Bonchev–Trinajstić information content (AvgIpc) is 2.59. The number of fused-ring (bicyclic) bond motifs is 1. The maximum atomic E-state index is 12.1. The lowest BCUT2D eigenvalue weighted by molar-refractivity contribution is 0.458. The third-order valence-electron chi connectivity index (χ3n) is 3.92. The molecule has 0 aliphatic heterocycles. The van der Waals surface area contributed by atoms with Gasteiger partial charge in [-0.2, -0.15) is 0 Å². The quantitative estimate of drug-likeness (QED) is 0.736. The molecule has 2 aromatic carbocycles. The van der Waals surface area contributed by atoms with Gasteiger partial charge in [-0.25, -0.2) is 13.2 Å². The van der Waals surface area contributed by atoms with E-state index in [1.807, 2.05) is 0 Å². The molecule has 0 aliphatic carbocycles. The molecule has 0 radical (unpaired) electrons. The second-order valence-corrected chi connectivity index (χ2v) is 7.72.